The molecule has 1 aromatic rings. The molecule has 2 heteroatoms. The SMILES string of the molecule is Cc1cnn(C2CC(C)C2)c1. The van der Waals surface area contributed by atoms with Gasteiger partial charge in [-0.2, -0.15) is 5.10 Å². The second-order valence-electron chi connectivity index (χ2n) is 3.73. The van der Waals surface area contributed by atoms with Crippen molar-refractivity contribution in [3.63, 3.8) is 0 Å². The standard InChI is InChI=1S/C9H14N2/c1-7-3-9(4-7)11-6-8(2)5-10-11/h5-7,9H,3-4H2,1-2H3. The maximum Gasteiger partial charge on any atom is 0.0524 e. The van der Waals surface area contributed by atoms with Crippen LogP contribution in [0.5, 0.6) is 0 Å². The molecule has 0 amide bonds. The highest BCUT2D eigenvalue weighted by atomic mass is 15.3. The zero-order valence-corrected chi connectivity index (χ0v) is 7.12. The van der Waals surface area contributed by atoms with Crippen molar-refractivity contribution in [2.24, 2.45) is 5.92 Å². The van der Waals surface area contributed by atoms with Crippen molar-refractivity contribution in [1.82, 2.24) is 9.78 Å². The summed E-state index contributed by atoms with van der Waals surface area (Å²) in [7, 11) is 0. The van der Waals surface area contributed by atoms with Crippen LogP contribution in [0.2, 0.25) is 0 Å². The van der Waals surface area contributed by atoms with E-state index in [-0.39, 0.29) is 0 Å². The number of aromatic nitrogens is 2. The fourth-order valence-corrected chi connectivity index (χ4v) is 1.71. The normalized spacial score (nSPS) is 30.0. The van der Waals surface area contributed by atoms with Gasteiger partial charge in [0.1, 0.15) is 0 Å². The number of nitrogens with zero attached hydrogens (tertiary/aromatic N) is 2. The predicted octanol–water partition coefficient (Wildman–Crippen LogP) is 2.16. The minimum Gasteiger partial charge on any atom is -0.269 e. The monoisotopic (exact) mass is 150 g/mol. The lowest BCUT2D eigenvalue weighted by Gasteiger charge is -2.32. The smallest absolute Gasteiger partial charge is 0.0524 e. The van der Waals surface area contributed by atoms with E-state index >= 15 is 0 Å². The summed E-state index contributed by atoms with van der Waals surface area (Å²) in [4.78, 5) is 0. The quantitative estimate of drug-likeness (QED) is 0.600. The second kappa shape index (κ2) is 2.36. The fourth-order valence-electron chi connectivity index (χ4n) is 1.71. The van der Waals surface area contributed by atoms with Gasteiger partial charge in [-0.1, -0.05) is 6.92 Å². The number of aryl methyl sites for hydroxylation is 1. The Bertz CT molecular complexity index is 246. The summed E-state index contributed by atoms with van der Waals surface area (Å²) in [5, 5.41) is 4.29. The molecule has 60 valence electrons. The van der Waals surface area contributed by atoms with E-state index in [1.807, 2.05) is 6.20 Å². The lowest BCUT2D eigenvalue weighted by atomic mass is 9.82. The molecule has 11 heavy (non-hydrogen) atoms. The van der Waals surface area contributed by atoms with Gasteiger partial charge in [-0.05, 0) is 31.2 Å². The number of rotatable bonds is 1. The van der Waals surface area contributed by atoms with Crippen LogP contribution < -0.4 is 0 Å². The average molecular weight is 150 g/mol. The Morgan fingerprint density at radius 3 is 2.73 bits per heavy atom. The van der Waals surface area contributed by atoms with E-state index in [1.54, 1.807) is 0 Å². The maximum absolute atomic E-state index is 4.29. The first-order valence-corrected chi connectivity index (χ1v) is 4.26. The van der Waals surface area contributed by atoms with E-state index < -0.39 is 0 Å². The van der Waals surface area contributed by atoms with Crippen LogP contribution in [0.1, 0.15) is 31.4 Å². The molecule has 1 heterocycles. The van der Waals surface area contributed by atoms with Gasteiger partial charge in [0.2, 0.25) is 0 Å². The summed E-state index contributed by atoms with van der Waals surface area (Å²) in [5.74, 6) is 0.907. The summed E-state index contributed by atoms with van der Waals surface area (Å²) >= 11 is 0. The third kappa shape index (κ3) is 1.17. The van der Waals surface area contributed by atoms with Gasteiger partial charge in [0.05, 0.1) is 12.2 Å². The molecule has 0 bridgehead atoms. The molecule has 1 aliphatic rings. The Morgan fingerprint density at radius 2 is 2.27 bits per heavy atom. The summed E-state index contributed by atoms with van der Waals surface area (Å²) in [6.07, 6.45) is 6.68. The highest BCUT2D eigenvalue weighted by molar-refractivity contribution is 5.01. The molecule has 0 spiro atoms. The molecule has 1 fully saturated rings. The van der Waals surface area contributed by atoms with E-state index in [0.29, 0.717) is 6.04 Å². The highest BCUT2D eigenvalue weighted by Crippen LogP contribution is 2.36. The Kier molecular flexibility index (Phi) is 1.48. The molecule has 0 saturated heterocycles. The second-order valence-corrected chi connectivity index (χ2v) is 3.73. The van der Waals surface area contributed by atoms with Gasteiger partial charge < -0.3 is 0 Å². The van der Waals surface area contributed by atoms with Crippen molar-refractivity contribution in [3.8, 4) is 0 Å². The van der Waals surface area contributed by atoms with Gasteiger partial charge >= 0.3 is 0 Å². The van der Waals surface area contributed by atoms with Gasteiger partial charge in [0.15, 0.2) is 0 Å². The van der Waals surface area contributed by atoms with Crippen molar-refractivity contribution < 1.29 is 0 Å². The Labute approximate surface area is 67.2 Å². The van der Waals surface area contributed by atoms with Crippen LogP contribution in [0.4, 0.5) is 0 Å². The fraction of sp³-hybridized carbons (Fsp3) is 0.667. The van der Waals surface area contributed by atoms with Gasteiger partial charge in [-0.3, -0.25) is 4.68 Å². The van der Waals surface area contributed by atoms with Crippen molar-refractivity contribution in [3.05, 3.63) is 18.0 Å². The lowest BCUT2D eigenvalue weighted by molar-refractivity contribution is 0.200. The summed E-state index contributed by atoms with van der Waals surface area (Å²) < 4.78 is 2.11. The molecule has 2 rings (SSSR count). The topological polar surface area (TPSA) is 17.8 Å². The molecule has 0 radical (unpaired) electrons. The highest BCUT2D eigenvalue weighted by Gasteiger charge is 2.26. The molecule has 0 unspecified atom stereocenters. The third-order valence-electron chi connectivity index (χ3n) is 2.45. The maximum atomic E-state index is 4.29. The number of hydrogen-bond donors (Lipinski definition) is 0. The zero-order chi connectivity index (χ0) is 7.84. The average Bonchev–Trinajstić information content (AvgIpc) is 2.29. The van der Waals surface area contributed by atoms with E-state index in [2.05, 4.69) is 29.8 Å². The minimum absolute atomic E-state index is 0.693. The number of hydrogen-bond acceptors (Lipinski definition) is 1. The van der Waals surface area contributed by atoms with E-state index in [9.17, 15) is 0 Å². The summed E-state index contributed by atoms with van der Waals surface area (Å²) in [5.41, 5.74) is 1.27. The Hall–Kier alpha value is -0.790. The van der Waals surface area contributed by atoms with Crippen LogP contribution in [0.25, 0.3) is 0 Å². The Balaban J connectivity index is 2.07. The van der Waals surface area contributed by atoms with E-state index in [0.717, 1.165) is 5.92 Å². The van der Waals surface area contributed by atoms with Crippen LogP contribution in [0.15, 0.2) is 12.4 Å². The van der Waals surface area contributed by atoms with Crippen LogP contribution in [-0.4, -0.2) is 9.78 Å². The molecule has 1 saturated carbocycles. The van der Waals surface area contributed by atoms with Crippen LogP contribution in [0, 0.1) is 12.8 Å². The van der Waals surface area contributed by atoms with Gasteiger partial charge in [-0.25, -0.2) is 0 Å². The molecular weight excluding hydrogens is 136 g/mol. The van der Waals surface area contributed by atoms with Crippen molar-refractivity contribution in [2.75, 3.05) is 0 Å². The third-order valence-corrected chi connectivity index (χ3v) is 2.45. The molecule has 2 nitrogen and oxygen atoms in total. The van der Waals surface area contributed by atoms with Crippen LogP contribution >= 0.6 is 0 Å². The molecule has 0 atom stereocenters. The Morgan fingerprint density at radius 1 is 1.55 bits per heavy atom. The predicted molar refractivity (Wildman–Crippen MR) is 44.4 cm³/mol. The molecular formula is C9H14N2. The molecule has 1 aliphatic carbocycles. The lowest BCUT2D eigenvalue weighted by Crippen LogP contribution is -2.24. The first-order valence-electron chi connectivity index (χ1n) is 4.26. The first-order chi connectivity index (χ1) is 5.25. The largest absolute Gasteiger partial charge is 0.269 e. The molecule has 1 aromatic heterocycles. The van der Waals surface area contributed by atoms with Crippen LogP contribution in [-0.2, 0) is 0 Å². The van der Waals surface area contributed by atoms with Crippen molar-refractivity contribution in [1.29, 1.82) is 0 Å². The molecule has 0 N–H and O–H groups in total. The molecule has 0 aromatic carbocycles. The van der Waals surface area contributed by atoms with Crippen LogP contribution in [0.3, 0.4) is 0 Å². The van der Waals surface area contributed by atoms with E-state index in [1.165, 1.54) is 18.4 Å². The zero-order valence-electron chi connectivity index (χ0n) is 7.12. The van der Waals surface area contributed by atoms with Gasteiger partial charge in [0.25, 0.3) is 0 Å². The van der Waals surface area contributed by atoms with Crippen molar-refractivity contribution >= 4 is 0 Å². The molecule has 0 aliphatic heterocycles. The first kappa shape index (κ1) is 6.89. The van der Waals surface area contributed by atoms with Gasteiger partial charge in [-0.15, -0.1) is 0 Å². The van der Waals surface area contributed by atoms with Crippen molar-refractivity contribution in [2.45, 2.75) is 32.7 Å². The van der Waals surface area contributed by atoms with E-state index in [4.69, 9.17) is 0 Å². The summed E-state index contributed by atoms with van der Waals surface area (Å²) in [6.45, 7) is 4.39. The van der Waals surface area contributed by atoms with Gasteiger partial charge in [0, 0.05) is 6.20 Å². The summed E-state index contributed by atoms with van der Waals surface area (Å²) in [6, 6.07) is 0.693. The minimum atomic E-state index is 0.693.